The zero-order valence-electron chi connectivity index (χ0n) is 21.0. The maximum Gasteiger partial charge on any atom is 0.306 e. The average molecular weight is 457 g/mol. The van der Waals surface area contributed by atoms with Crippen molar-refractivity contribution in [3.63, 3.8) is 0 Å². The first kappa shape index (κ1) is 30.4. The van der Waals surface area contributed by atoms with Crippen molar-refractivity contribution in [2.75, 3.05) is 13.2 Å². The molecule has 0 fully saturated rings. The van der Waals surface area contributed by atoms with E-state index in [4.69, 9.17) is 14.2 Å². The molecule has 6 heteroatoms. The molecule has 0 heterocycles. The number of unbranched alkanes of at least 4 members (excludes halogenated alkanes) is 11. The number of ether oxygens (including phenoxy) is 3. The second kappa shape index (κ2) is 22.6. The smallest absolute Gasteiger partial charge is 0.306 e. The molecule has 0 radical (unpaired) electrons. The number of esters is 3. The Kier molecular flexibility index (Phi) is 21.5. The lowest BCUT2D eigenvalue weighted by Crippen LogP contribution is -2.30. The van der Waals surface area contributed by atoms with Gasteiger partial charge in [-0.3, -0.25) is 14.4 Å². The molecule has 0 aliphatic carbocycles. The maximum absolute atomic E-state index is 12.1. The summed E-state index contributed by atoms with van der Waals surface area (Å²) >= 11 is 0. The Labute approximate surface area is 196 Å². The first-order valence-corrected chi connectivity index (χ1v) is 13.0. The summed E-state index contributed by atoms with van der Waals surface area (Å²) in [5.41, 5.74) is 0. The van der Waals surface area contributed by atoms with E-state index >= 15 is 0 Å². The van der Waals surface area contributed by atoms with Crippen LogP contribution in [-0.2, 0) is 28.6 Å². The lowest BCUT2D eigenvalue weighted by molar-refractivity contribution is -0.167. The van der Waals surface area contributed by atoms with Crippen LogP contribution in [0.15, 0.2) is 0 Å². The van der Waals surface area contributed by atoms with Gasteiger partial charge in [-0.15, -0.1) is 0 Å². The third-order valence-corrected chi connectivity index (χ3v) is 5.36. The maximum atomic E-state index is 12.1. The van der Waals surface area contributed by atoms with E-state index in [1.165, 1.54) is 25.7 Å². The summed E-state index contributed by atoms with van der Waals surface area (Å²) < 4.78 is 16.0. The van der Waals surface area contributed by atoms with Crippen LogP contribution < -0.4 is 0 Å². The average Bonchev–Trinajstić information content (AvgIpc) is 2.78. The van der Waals surface area contributed by atoms with E-state index in [9.17, 15) is 14.4 Å². The van der Waals surface area contributed by atoms with E-state index in [1.54, 1.807) is 0 Å². The SMILES string of the molecule is CCCCCCCCCC(=O)OC[C@@H](COC(=O)CCCCCC)OC(=O)CCCCC. The zero-order chi connectivity index (χ0) is 23.9. The monoisotopic (exact) mass is 456 g/mol. The van der Waals surface area contributed by atoms with Crippen LogP contribution in [-0.4, -0.2) is 37.2 Å². The summed E-state index contributed by atoms with van der Waals surface area (Å²) in [5.74, 6) is -0.940. The standard InChI is InChI=1S/C26H48O6/c1-4-7-10-12-13-14-17-19-25(28)31-22-23(32-26(29)20-15-9-6-3)21-30-24(27)18-16-11-8-5-2/h23H,4-22H2,1-3H3/t23-/m1/s1. The summed E-state index contributed by atoms with van der Waals surface area (Å²) in [6.45, 7) is 6.24. The molecule has 0 aromatic rings. The molecule has 0 aromatic heterocycles. The van der Waals surface area contributed by atoms with Crippen LogP contribution in [0, 0.1) is 0 Å². The lowest BCUT2D eigenvalue weighted by Gasteiger charge is -2.18. The van der Waals surface area contributed by atoms with Crippen molar-refractivity contribution in [2.45, 2.75) is 136 Å². The summed E-state index contributed by atoms with van der Waals surface area (Å²) in [6, 6.07) is 0. The van der Waals surface area contributed by atoms with Crippen molar-refractivity contribution in [3.8, 4) is 0 Å². The summed E-state index contributed by atoms with van der Waals surface area (Å²) in [7, 11) is 0. The number of rotatable bonds is 22. The highest BCUT2D eigenvalue weighted by Crippen LogP contribution is 2.10. The van der Waals surface area contributed by atoms with Crippen LogP contribution >= 0.6 is 0 Å². The Balaban J connectivity index is 4.28. The van der Waals surface area contributed by atoms with Gasteiger partial charge in [0.15, 0.2) is 6.10 Å². The van der Waals surface area contributed by atoms with E-state index in [2.05, 4.69) is 20.8 Å². The fourth-order valence-electron chi connectivity index (χ4n) is 3.32. The highest BCUT2D eigenvalue weighted by molar-refractivity contribution is 5.71. The van der Waals surface area contributed by atoms with Gasteiger partial charge >= 0.3 is 17.9 Å². The van der Waals surface area contributed by atoms with Crippen LogP contribution in [0.4, 0.5) is 0 Å². The molecular formula is C26H48O6. The van der Waals surface area contributed by atoms with Gasteiger partial charge in [0, 0.05) is 19.3 Å². The largest absolute Gasteiger partial charge is 0.462 e. The number of hydrogen-bond acceptors (Lipinski definition) is 6. The molecule has 0 bridgehead atoms. The van der Waals surface area contributed by atoms with Crippen LogP contribution in [0.25, 0.3) is 0 Å². The third kappa shape index (κ3) is 20.3. The summed E-state index contributed by atoms with van der Waals surface area (Å²) in [6.07, 6.45) is 14.9. The highest BCUT2D eigenvalue weighted by Gasteiger charge is 2.19. The predicted molar refractivity (Wildman–Crippen MR) is 127 cm³/mol. The van der Waals surface area contributed by atoms with E-state index in [-0.39, 0.29) is 31.1 Å². The van der Waals surface area contributed by atoms with E-state index in [0.717, 1.165) is 64.2 Å². The first-order chi connectivity index (χ1) is 15.5. The molecule has 0 saturated carbocycles. The minimum Gasteiger partial charge on any atom is -0.462 e. The molecule has 32 heavy (non-hydrogen) atoms. The fraction of sp³-hybridized carbons (Fsp3) is 0.885. The molecule has 1 atom stereocenters. The van der Waals surface area contributed by atoms with Crippen molar-refractivity contribution in [3.05, 3.63) is 0 Å². The van der Waals surface area contributed by atoms with E-state index in [0.29, 0.717) is 19.3 Å². The summed E-state index contributed by atoms with van der Waals surface area (Å²) in [5, 5.41) is 0. The predicted octanol–water partition coefficient (Wildman–Crippen LogP) is 6.68. The molecule has 0 saturated heterocycles. The van der Waals surface area contributed by atoms with Crippen molar-refractivity contribution in [1.82, 2.24) is 0 Å². The molecule has 6 nitrogen and oxygen atoms in total. The Hall–Kier alpha value is -1.59. The van der Waals surface area contributed by atoms with Crippen molar-refractivity contribution >= 4 is 17.9 Å². The van der Waals surface area contributed by atoms with Gasteiger partial charge in [-0.1, -0.05) is 91.4 Å². The summed E-state index contributed by atoms with van der Waals surface area (Å²) in [4.78, 5) is 36.1. The van der Waals surface area contributed by atoms with Gasteiger partial charge in [0.2, 0.25) is 0 Å². The Morgan fingerprint density at radius 3 is 1.34 bits per heavy atom. The molecule has 188 valence electrons. The molecule has 0 spiro atoms. The topological polar surface area (TPSA) is 78.9 Å². The minimum atomic E-state index is -0.748. The Morgan fingerprint density at radius 1 is 0.500 bits per heavy atom. The minimum absolute atomic E-state index is 0.0715. The normalized spacial score (nSPS) is 11.7. The second-order valence-corrected chi connectivity index (χ2v) is 8.62. The van der Waals surface area contributed by atoms with Gasteiger partial charge in [0.1, 0.15) is 13.2 Å². The molecule has 0 amide bonds. The molecular weight excluding hydrogens is 408 g/mol. The van der Waals surface area contributed by atoms with Crippen molar-refractivity contribution in [2.24, 2.45) is 0 Å². The quantitative estimate of drug-likeness (QED) is 0.103. The molecule has 0 N–H and O–H groups in total. The van der Waals surface area contributed by atoms with Gasteiger partial charge < -0.3 is 14.2 Å². The molecule has 0 rings (SSSR count). The molecule has 0 aromatic carbocycles. The highest BCUT2D eigenvalue weighted by atomic mass is 16.6. The van der Waals surface area contributed by atoms with E-state index in [1.807, 2.05) is 0 Å². The molecule has 0 unspecified atom stereocenters. The van der Waals surface area contributed by atoms with Gasteiger partial charge in [-0.2, -0.15) is 0 Å². The third-order valence-electron chi connectivity index (χ3n) is 5.36. The number of carbonyl (C=O) groups is 3. The van der Waals surface area contributed by atoms with Gasteiger partial charge in [-0.05, 0) is 19.3 Å². The fourth-order valence-corrected chi connectivity index (χ4v) is 3.32. The van der Waals surface area contributed by atoms with E-state index < -0.39 is 6.10 Å². The number of hydrogen-bond donors (Lipinski definition) is 0. The Bertz CT molecular complexity index is 477. The van der Waals surface area contributed by atoms with Crippen molar-refractivity contribution in [1.29, 1.82) is 0 Å². The van der Waals surface area contributed by atoms with Crippen LogP contribution in [0.2, 0.25) is 0 Å². The van der Waals surface area contributed by atoms with Crippen LogP contribution in [0.1, 0.15) is 130 Å². The van der Waals surface area contributed by atoms with Gasteiger partial charge in [0.05, 0.1) is 0 Å². The zero-order valence-corrected chi connectivity index (χ0v) is 21.0. The molecule has 0 aliphatic rings. The van der Waals surface area contributed by atoms with Crippen LogP contribution in [0.5, 0.6) is 0 Å². The number of carbonyl (C=O) groups excluding carboxylic acids is 3. The lowest BCUT2D eigenvalue weighted by atomic mass is 10.1. The van der Waals surface area contributed by atoms with Gasteiger partial charge in [0.25, 0.3) is 0 Å². The first-order valence-electron chi connectivity index (χ1n) is 13.0. The van der Waals surface area contributed by atoms with Gasteiger partial charge in [-0.25, -0.2) is 0 Å². The Morgan fingerprint density at radius 2 is 0.844 bits per heavy atom. The second-order valence-electron chi connectivity index (χ2n) is 8.62. The van der Waals surface area contributed by atoms with Crippen LogP contribution in [0.3, 0.4) is 0 Å². The van der Waals surface area contributed by atoms with Crippen molar-refractivity contribution < 1.29 is 28.6 Å². The molecule has 0 aliphatic heterocycles.